The minimum absolute atomic E-state index is 0.00285. The first-order valence-corrected chi connectivity index (χ1v) is 8.61. The van der Waals surface area contributed by atoms with Gasteiger partial charge in [-0.15, -0.1) is 0 Å². The van der Waals surface area contributed by atoms with Gasteiger partial charge in [-0.2, -0.15) is 4.89 Å². The van der Waals surface area contributed by atoms with E-state index in [0.29, 0.717) is 21.7 Å². The quantitative estimate of drug-likeness (QED) is 0.273. The summed E-state index contributed by atoms with van der Waals surface area (Å²) in [5, 5.41) is 12.9. The molecule has 4 rings (SSSR count). The predicted molar refractivity (Wildman–Crippen MR) is 105 cm³/mol. The third-order valence-corrected chi connectivity index (χ3v) is 4.68. The Balaban J connectivity index is 2.07. The maximum atomic E-state index is 12.4. The van der Waals surface area contributed by atoms with Crippen molar-refractivity contribution >= 4 is 45.1 Å². The summed E-state index contributed by atoms with van der Waals surface area (Å²) in [4.78, 5) is 32.1. The minimum Gasteiger partial charge on any atom is -0.309 e. The Morgan fingerprint density at radius 1 is 1.07 bits per heavy atom. The van der Waals surface area contributed by atoms with Crippen molar-refractivity contribution in [1.82, 2.24) is 4.57 Å². The van der Waals surface area contributed by atoms with Gasteiger partial charge < -0.3 is 4.57 Å². The van der Waals surface area contributed by atoms with Crippen LogP contribution in [0, 0.1) is 10.1 Å². The van der Waals surface area contributed by atoms with Gasteiger partial charge in [0.2, 0.25) is 0 Å². The summed E-state index contributed by atoms with van der Waals surface area (Å²) in [6, 6.07) is 16.8. The number of aromatic nitrogens is 1. The molecule has 0 aliphatic rings. The van der Waals surface area contributed by atoms with E-state index < -0.39 is 10.9 Å². The second-order valence-corrected chi connectivity index (χ2v) is 6.44. The molecule has 1 heterocycles. The maximum absolute atomic E-state index is 12.4. The third-order valence-electron chi connectivity index (χ3n) is 4.45. The van der Waals surface area contributed by atoms with Gasteiger partial charge in [0, 0.05) is 33.6 Å². The number of non-ortho nitro benzene ring substituents is 1. The first-order chi connectivity index (χ1) is 13.5. The molecular formula is C20H13ClN2O5. The lowest BCUT2D eigenvalue weighted by molar-refractivity contribution is -0.384. The van der Waals surface area contributed by atoms with Gasteiger partial charge in [0.15, 0.2) is 0 Å². The lowest BCUT2D eigenvalue weighted by Crippen LogP contribution is -2.04. The molecule has 0 aliphatic carbocycles. The monoisotopic (exact) mass is 396 g/mol. The molecule has 7 nitrogen and oxygen atoms in total. The lowest BCUT2D eigenvalue weighted by Gasteiger charge is -2.08. The van der Waals surface area contributed by atoms with Crippen LogP contribution < -0.4 is 0 Å². The number of hydrogen-bond acceptors (Lipinski definition) is 5. The second-order valence-electron chi connectivity index (χ2n) is 6.01. The number of halogens is 1. The number of nitro groups is 1. The third kappa shape index (κ3) is 2.87. The van der Waals surface area contributed by atoms with E-state index in [4.69, 9.17) is 16.5 Å². The summed E-state index contributed by atoms with van der Waals surface area (Å²) in [6.45, 7) is 0. The zero-order valence-electron chi connectivity index (χ0n) is 14.6. The average molecular weight is 397 g/mol. The molecule has 0 aliphatic heterocycles. The van der Waals surface area contributed by atoms with Crippen LogP contribution in [0.5, 0.6) is 0 Å². The average Bonchev–Trinajstić information content (AvgIpc) is 3.02. The number of carbonyl (C=O) groups is 1. The lowest BCUT2D eigenvalue weighted by atomic mass is 10.1. The molecule has 140 valence electrons. The van der Waals surface area contributed by atoms with Crippen molar-refractivity contribution in [3.8, 4) is 5.69 Å². The highest BCUT2D eigenvalue weighted by Crippen LogP contribution is 2.36. The normalized spacial score (nSPS) is 11.1. The van der Waals surface area contributed by atoms with Crippen LogP contribution in [-0.2, 0) is 9.78 Å². The van der Waals surface area contributed by atoms with Crippen LogP contribution in [0.25, 0.3) is 27.5 Å². The summed E-state index contributed by atoms with van der Waals surface area (Å²) in [5.41, 5.74) is 2.57. The first kappa shape index (κ1) is 18.0. The van der Waals surface area contributed by atoms with E-state index in [2.05, 4.69) is 4.89 Å². The minimum atomic E-state index is -0.629. The summed E-state index contributed by atoms with van der Waals surface area (Å²) in [6.07, 6.45) is 0. The van der Waals surface area contributed by atoms with E-state index in [1.807, 2.05) is 16.7 Å². The van der Waals surface area contributed by atoms with Crippen molar-refractivity contribution in [2.24, 2.45) is 0 Å². The number of fused-ring (bicyclic) bond motifs is 3. The first-order valence-electron chi connectivity index (χ1n) is 8.24. The molecular weight excluding hydrogens is 384 g/mol. The van der Waals surface area contributed by atoms with Gasteiger partial charge in [-0.1, -0.05) is 17.7 Å². The van der Waals surface area contributed by atoms with Crippen LogP contribution in [0.1, 0.15) is 10.4 Å². The van der Waals surface area contributed by atoms with E-state index in [-0.39, 0.29) is 5.69 Å². The van der Waals surface area contributed by atoms with Crippen LogP contribution in [0.15, 0.2) is 60.7 Å². The van der Waals surface area contributed by atoms with Crippen molar-refractivity contribution in [3.05, 3.63) is 81.4 Å². The van der Waals surface area contributed by atoms with Crippen LogP contribution in [0.2, 0.25) is 5.02 Å². The Labute approximate surface area is 163 Å². The fraction of sp³-hybridized carbons (Fsp3) is 0.0500. The van der Waals surface area contributed by atoms with E-state index in [9.17, 15) is 14.9 Å². The van der Waals surface area contributed by atoms with Crippen LogP contribution in [0.4, 0.5) is 5.69 Å². The fourth-order valence-corrected chi connectivity index (χ4v) is 3.51. The van der Waals surface area contributed by atoms with Gasteiger partial charge >= 0.3 is 5.97 Å². The Kier molecular flexibility index (Phi) is 4.46. The highest BCUT2D eigenvalue weighted by Gasteiger charge is 2.20. The Morgan fingerprint density at radius 3 is 2.50 bits per heavy atom. The fourth-order valence-electron chi connectivity index (χ4n) is 3.34. The zero-order valence-corrected chi connectivity index (χ0v) is 15.3. The number of benzene rings is 3. The van der Waals surface area contributed by atoms with Crippen LogP contribution in [0.3, 0.4) is 0 Å². The van der Waals surface area contributed by atoms with Gasteiger partial charge in [-0.05, 0) is 42.5 Å². The molecule has 0 saturated heterocycles. The summed E-state index contributed by atoms with van der Waals surface area (Å²) in [7, 11) is 1.26. The van der Waals surface area contributed by atoms with E-state index in [1.54, 1.807) is 36.4 Å². The zero-order chi connectivity index (χ0) is 19.8. The van der Waals surface area contributed by atoms with Crippen LogP contribution in [-0.4, -0.2) is 22.6 Å². The summed E-state index contributed by atoms with van der Waals surface area (Å²) in [5.74, 6) is -0.629. The molecule has 28 heavy (non-hydrogen) atoms. The maximum Gasteiger partial charge on any atom is 0.373 e. The summed E-state index contributed by atoms with van der Waals surface area (Å²) >= 11 is 6.20. The molecule has 0 radical (unpaired) electrons. The highest BCUT2D eigenvalue weighted by molar-refractivity contribution is 6.32. The second kappa shape index (κ2) is 6.95. The molecule has 0 saturated carbocycles. The van der Waals surface area contributed by atoms with Gasteiger partial charge in [-0.25, -0.2) is 4.79 Å². The number of carbonyl (C=O) groups excluding carboxylic acids is 1. The number of hydrogen-bond donors (Lipinski definition) is 0. The molecule has 1 aromatic heterocycles. The Bertz CT molecular complexity index is 1230. The molecule has 0 amide bonds. The van der Waals surface area contributed by atoms with Crippen molar-refractivity contribution in [1.29, 1.82) is 0 Å². The largest absolute Gasteiger partial charge is 0.373 e. The van der Waals surface area contributed by atoms with Gasteiger partial charge in [-0.3, -0.25) is 15.0 Å². The molecule has 0 N–H and O–H groups in total. The standard InChI is InChI=1S/C20H13ClN2O5/c1-27-28-20(24)15-3-2-4-18-19(15)16-11-12(21)5-10-17(16)22(18)13-6-8-14(9-7-13)23(25)26/h2-11H,1H3. The number of nitrogens with zero attached hydrogens (tertiary/aromatic N) is 2. The van der Waals surface area contributed by atoms with Crippen molar-refractivity contribution in [3.63, 3.8) is 0 Å². The molecule has 0 atom stereocenters. The highest BCUT2D eigenvalue weighted by atomic mass is 35.5. The molecule has 8 heteroatoms. The molecule has 4 aromatic rings. The molecule has 3 aromatic carbocycles. The molecule has 0 bridgehead atoms. The van der Waals surface area contributed by atoms with Gasteiger partial charge in [0.1, 0.15) is 0 Å². The van der Waals surface area contributed by atoms with E-state index in [0.717, 1.165) is 16.4 Å². The predicted octanol–water partition coefficient (Wildman–Crippen LogP) is 5.06. The Hall–Kier alpha value is -3.42. The van der Waals surface area contributed by atoms with Crippen molar-refractivity contribution in [2.45, 2.75) is 0 Å². The molecule has 0 unspecified atom stereocenters. The van der Waals surface area contributed by atoms with Crippen molar-refractivity contribution < 1.29 is 19.5 Å². The number of nitro benzene ring substituents is 1. The van der Waals surface area contributed by atoms with Crippen molar-refractivity contribution in [2.75, 3.05) is 7.11 Å². The molecule has 0 spiro atoms. The Morgan fingerprint density at radius 2 is 1.82 bits per heavy atom. The number of rotatable bonds is 4. The van der Waals surface area contributed by atoms with Gasteiger partial charge in [0.25, 0.3) is 5.69 Å². The topological polar surface area (TPSA) is 83.6 Å². The van der Waals surface area contributed by atoms with E-state index in [1.165, 1.54) is 19.2 Å². The SMILES string of the molecule is COOC(=O)c1cccc2c1c1cc(Cl)ccc1n2-c1ccc([N+](=O)[O-])cc1. The smallest absolute Gasteiger partial charge is 0.309 e. The summed E-state index contributed by atoms with van der Waals surface area (Å²) < 4.78 is 1.91. The van der Waals surface area contributed by atoms with Crippen LogP contribution >= 0.6 is 11.6 Å². The van der Waals surface area contributed by atoms with E-state index >= 15 is 0 Å². The van der Waals surface area contributed by atoms with Gasteiger partial charge in [0.05, 0.1) is 28.6 Å². The molecule has 0 fully saturated rings.